The zero-order chi connectivity index (χ0) is 16.3. The van der Waals surface area contributed by atoms with Crippen LogP contribution in [0.4, 0.5) is 35.0 Å². The molecule has 0 fully saturated rings. The summed E-state index contributed by atoms with van der Waals surface area (Å²) in [5, 5.41) is 5.07. The molecular formula is C13H11ClF4N4. The van der Waals surface area contributed by atoms with Gasteiger partial charge in [0.1, 0.15) is 11.6 Å². The predicted octanol–water partition coefficient (Wildman–Crippen LogP) is 4.46. The second-order valence-electron chi connectivity index (χ2n) is 4.21. The summed E-state index contributed by atoms with van der Waals surface area (Å²) in [5.41, 5.74) is -1.30. The molecule has 0 bridgehead atoms. The fraction of sp³-hybridized carbons (Fsp3) is 0.231. The van der Waals surface area contributed by atoms with E-state index >= 15 is 0 Å². The van der Waals surface area contributed by atoms with Gasteiger partial charge in [-0.25, -0.2) is 9.37 Å². The van der Waals surface area contributed by atoms with Gasteiger partial charge in [-0.15, -0.1) is 0 Å². The highest BCUT2D eigenvalue weighted by atomic mass is 35.5. The molecule has 0 saturated carbocycles. The summed E-state index contributed by atoms with van der Waals surface area (Å²) in [5.74, 6) is -1.14. The highest BCUT2D eigenvalue weighted by Crippen LogP contribution is 2.32. The first-order chi connectivity index (χ1) is 10.3. The molecule has 0 unspecified atom stereocenters. The SMILES string of the molecule is CCNc1nc(Nc2c(F)cccc2Cl)cc(C(F)(F)F)n1. The molecule has 4 nitrogen and oxygen atoms in total. The average Bonchev–Trinajstić information content (AvgIpc) is 2.42. The molecule has 0 radical (unpaired) electrons. The molecule has 0 aliphatic heterocycles. The van der Waals surface area contributed by atoms with Gasteiger partial charge in [-0.05, 0) is 19.1 Å². The van der Waals surface area contributed by atoms with Gasteiger partial charge in [-0.2, -0.15) is 18.2 Å². The molecule has 2 N–H and O–H groups in total. The number of aromatic nitrogens is 2. The van der Waals surface area contributed by atoms with Crippen molar-refractivity contribution in [2.75, 3.05) is 17.2 Å². The van der Waals surface area contributed by atoms with E-state index < -0.39 is 17.7 Å². The van der Waals surface area contributed by atoms with Crippen LogP contribution in [0, 0.1) is 5.82 Å². The Bertz CT molecular complexity index is 655. The standard InChI is InChI=1S/C13H11ClF4N4/c1-2-19-12-20-9(13(16,17)18)6-10(22-12)21-11-7(14)4-3-5-8(11)15/h3-6H,2H2,1H3,(H2,19,20,21,22). The smallest absolute Gasteiger partial charge is 0.354 e. The molecule has 9 heteroatoms. The maximum atomic E-state index is 13.7. The van der Waals surface area contributed by atoms with Crippen molar-refractivity contribution in [1.82, 2.24) is 9.97 Å². The largest absolute Gasteiger partial charge is 0.433 e. The fourth-order valence-corrected chi connectivity index (χ4v) is 1.85. The highest BCUT2D eigenvalue weighted by molar-refractivity contribution is 6.33. The maximum absolute atomic E-state index is 13.7. The summed E-state index contributed by atoms with van der Waals surface area (Å²) in [4.78, 5) is 7.22. The lowest BCUT2D eigenvalue weighted by Gasteiger charge is -2.13. The number of benzene rings is 1. The third kappa shape index (κ3) is 3.76. The molecule has 2 aromatic rings. The molecule has 0 amide bonds. The van der Waals surface area contributed by atoms with E-state index in [9.17, 15) is 17.6 Å². The third-order valence-corrected chi connectivity index (χ3v) is 2.88. The Morgan fingerprint density at radius 3 is 2.55 bits per heavy atom. The molecule has 1 aromatic heterocycles. The summed E-state index contributed by atoms with van der Waals surface area (Å²) in [6.07, 6.45) is -4.65. The van der Waals surface area contributed by atoms with Crippen molar-refractivity contribution in [1.29, 1.82) is 0 Å². The van der Waals surface area contributed by atoms with E-state index in [0.29, 0.717) is 12.6 Å². The fourth-order valence-electron chi connectivity index (χ4n) is 1.64. The zero-order valence-electron chi connectivity index (χ0n) is 11.3. The summed E-state index contributed by atoms with van der Waals surface area (Å²) >= 11 is 5.83. The summed E-state index contributed by atoms with van der Waals surface area (Å²) in [6, 6.07) is 4.60. The first kappa shape index (κ1) is 16.3. The van der Waals surface area contributed by atoms with E-state index in [1.54, 1.807) is 6.92 Å². The maximum Gasteiger partial charge on any atom is 0.433 e. The molecule has 0 spiro atoms. The van der Waals surface area contributed by atoms with E-state index in [2.05, 4.69) is 20.6 Å². The van der Waals surface area contributed by atoms with Crippen molar-refractivity contribution in [2.45, 2.75) is 13.1 Å². The second kappa shape index (κ2) is 6.35. The van der Waals surface area contributed by atoms with Gasteiger partial charge in [-0.3, -0.25) is 0 Å². The molecular weight excluding hydrogens is 324 g/mol. The third-order valence-electron chi connectivity index (χ3n) is 2.57. The first-order valence-corrected chi connectivity index (χ1v) is 6.60. The first-order valence-electron chi connectivity index (χ1n) is 6.22. The van der Waals surface area contributed by atoms with E-state index in [1.165, 1.54) is 12.1 Å². The van der Waals surface area contributed by atoms with Crippen molar-refractivity contribution in [3.05, 3.63) is 40.8 Å². The molecule has 0 aliphatic rings. The second-order valence-corrected chi connectivity index (χ2v) is 4.62. The van der Waals surface area contributed by atoms with Crippen LogP contribution < -0.4 is 10.6 Å². The molecule has 118 valence electrons. The molecule has 0 atom stereocenters. The summed E-state index contributed by atoms with van der Waals surface area (Å²) < 4.78 is 52.2. The number of hydrogen-bond donors (Lipinski definition) is 2. The van der Waals surface area contributed by atoms with Crippen LogP contribution >= 0.6 is 11.6 Å². The van der Waals surface area contributed by atoms with Crippen molar-refractivity contribution in [3.8, 4) is 0 Å². The van der Waals surface area contributed by atoms with E-state index in [1.807, 2.05) is 0 Å². The van der Waals surface area contributed by atoms with Gasteiger partial charge in [-0.1, -0.05) is 17.7 Å². The molecule has 2 rings (SSSR count). The number of anilines is 3. The van der Waals surface area contributed by atoms with E-state index in [-0.39, 0.29) is 22.5 Å². The Morgan fingerprint density at radius 2 is 1.95 bits per heavy atom. The van der Waals surface area contributed by atoms with Crippen molar-refractivity contribution in [3.63, 3.8) is 0 Å². The van der Waals surface area contributed by atoms with Crippen LogP contribution in [-0.4, -0.2) is 16.5 Å². The normalized spacial score (nSPS) is 11.4. The Kier molecular flexibility index (Phi) is 4.70. The van der Waals surface area contributed by atoms with Gasteiger partial charge in [0.2, 0.25) is 5.95 Å². The van der Waals surface area contributed by atoms with Crippen molar-refractivity contribution in [2.24, 2.45) is 0 Å². The van der Waals surface area contributed by atoms with E-state index in [0.717, 1.165) is 6.07 Å². The van der Waals surface area contributed by atoms with Gasteiger partial charge in [0, 0.05) is 12.6 Å². The Morgan fingerprint density at radius 1 is 1.23 bits per heavy atom. The van der Waals surface area contributed by atoms with Crippen LogP contribution in [0.2, 0.25) is 5.02 Å². The molecule has 1 aromatic carbocycles. The Labute approximate surface area is 128 Å². The minimum atomic E-state index is -4.65. The minimum absolute atomic E-state index is 0.0252. The lowest BCUT2D eigenvalue weighted by molar-refractivity contribution is -0.141. The van der Waals surface area contributed by atoms with Gasteiger partial charge >= 0.3 is 6.18 Å². The molecule has 1 heterocycles. The van der Waals surface area contributed by atoms with Crippen LogP contribution in [0.15, 0.2) is 24.3 Å². The van der Waals surface area contributed by atoms with Crippen LogP contribution in [0.25, 0.3) is 0 Å². The predicted molar refractivity (Wildman–Crippen MR) is 75.9 cm³/mol. The van der Waals surface area contributed by atoms with Gasteiger partial charge < -0.3 is 10.6 Å². The highest BCUT2D eigenvalue weighted by Gasteiger charge is 2.33. The quantitative estimate of drug-likeness (QED) is 0.810. The molecule has 0 saturated heterocycles. The number of para-hydroxylation sites is 1. The number of nitrogens with one attached hydrogen (secondary N) is 2. The Hall–Kier alpha value is -2.09. The van der Waals surface area contributed by atoms with Crippen LogP contribution in [0.5, 0.6) is 0 Å². The number of alkyl halides is 3. The minimum Gasteiger partial charge on any atom is -0.354 e. The lowest BCUT2D eigenvalue weighted by Crippen LogP contribution is -2.13. The number of nitrogens with zero attached hydrogens (tertiary/aromatic N) is 2. The zero-order valence-corrected chi connectivity index (χ0v) is 12.1. The van der Waals surface area contributed by atoms with Crippen LogP contribution in [0.1, 0.15) is 12.6 Å². The van der Waals surface area contributed by atoms with Crippen LogP contribution in [-0.2, 0) is 6.18 Å². The average molecular weight is 335 g/mol. The topological polar surface area (TPSA) is 49.8 Å². The molecule has 0 aliphatic carbocycles. The van der Waals surface area contributed by atoms with Gasteiger partial charge in [0.15, 0.2) is 5.69 Å². The number of rotatable bonds is 4. The van der Waals surface area contributed by atoms with Crippen molar-refractivity contribution < 1.29 is 17.6 Å². The van der Waals surface area contributed by atoms with Crippen molar-refractivity contribution >= 4 is 29.1 Å². The number of halogens is 5. The van der Waals surface area contributed by atoms with Crippen LogP contribution in [0.3, 0.4) is 0 Å². The number of hydrogen-bond acceptors (Lipinski definition) is 4. The molecule has 22 heavy (non-hydrogen) atoms. The summed E-state index contributed by atoms with van der Waals surface area (Å²) in [7, 11) is 0. The van der Waals surface area contributed by atoms with Gasteiger partial charge in [0.25, 0.3) is 0 Å². The Balaban J connectivity index is 2.44. The summed E-state index contributed by atoms with van der Waals surface area (Å²) in [6.45, 7) is 2.02. The van der Waals surface area contributed by atoms with E-state index in [4.69, 9.17) is 11.6 Å². The lowest BCUT2D eigenvalue weighted by atomic mass is 10.3. The van der Waals surface area contributed by atoms with Gasteiger partial charge in [0.05, 0.1) is 10.7 Å². The monoisotopic (exact) mass is 334 g/mol.